The van der Waals surface area contributed by atoms with Gasteiger partial charge in [0.1, 0.15) is 0 Å². The van der Waals surface area contributed by atoms with E-state index in [1.165, 1.54) is 4.90 Å². The third kappa shape index (κ3) is 1.43. The number of rotatable bonds is 0. The van der Waals surface area contributed by atoms with Crippen molar-refractivity contribution in [3.63, 3.8) is 0 Å². The summed E-state index contributed by atoms with van der Waals surface area (Å²) in [6.07, 6.45) is 0. The maximum Gasteiger partial charge on any atom is 0.319 e. The number of allylic oxidation sites excluding steroid dienone is 2. The number of thiocarbonyl (C=S) groups is 1. The van der Waals surface area contributed by atoms with Gasteiger partial charge in [0.25, 0.3) is 0 Å². The second-order valence-corrected chi connectivity index (χ2v) is 3.70. The van der Waals surface area contributed by atoms with Gasteiger partial charge in [-0.1, -0.05) is 12.2 Å². The molecule has 1 aliphatic rings. The lowest BCUT2D eigenvalue weighted by Crippen LogP contribution is -2.50. The molecule has 0 aromatic rings. The van der Waals surface area contributed by atoms with Gasteiger partial charge in [0, 0.05) is 5.70 Å². The first-order valence-corrected chi connectivity index (χ1v) is 4.63. The van der Waals surface area contributed by atoms with Gasteiger partial charge in [0.05, 0.1) is 10.9 Å². The zero-order valence-electron chi connectivity index (χ0n) is 8.33. The molecule has 5 heteroatoms. The van der Waals surface area contributed by atoms with E-state index in [2.05, 4.69) is 0 Å². The molecule has 1 heterocycles. The van der Waals surface area contributed by atoms with Gasteiger partial charge < -0.3 is 5.73 Å². The summed E-state index contributed by atoms with van der Waals surface area (Å²) in [6, 6.07) is -1.20. The first-order valence-electron chi connectivity index (χ1n) is 4.22. The van der Waals surface area contributed by atoms with Gasteiger partial charge in [0.15, 0.2) is 5.78 Å². The molecule has 1 aliphatic heterocycles. The fraction of sp³-hybridized carbons (Fsp3) is 0.444. The Balaban J connectivity index is 3.27. The molecule has 0 aromatic carbocycles. The molecule has 0 saturated heterocycles. The van der Waals surface area contributed by atoms with E-state index < -0.39 is 12.1 Å². The first-order chi connectivity index (χ1) is 6.37. The quantitative estimate of drug-likeness (QED) is 0.609. The van der Waals surface area contributed by atoms with Crippen molar-refractivity contribution in [2.24, 2.45) is 5.73 Å². The van der Waals surface area contributed by atoms with Crippen molar-refractivity contribution in [3.8, 4) is 0 Å². The van der Waals surface area contributed by atoms with E-state index in [9.17, 15) is 9.59 Å². The molecule has 0 aromatic heterocycles. The highest BCUT2D eigenvalue weighted by molar-refractivity contribution is 7.82. The molecule has 2 N–H and O–H groups in total. The SMILES string of the molecule is CC1=C(C)N(C(N)=O)C(C)C(=O)C1=S. The third-order valence-corrected chi connectivity index (χ3v) is 2.98. The van der Waals surface area contributed by atoms with E-state index >= 15 is 0 Å². The molecule has 0 saturated carbocycles. The average molecular weight is 212 g/mol. The normalized spacial score (nSPS) is 23.1. The zero-order chi connectivity index (χ0) is 11.0. The van der Waals surface area contributed by atoms with Crippen molar-refractivity contribution in [1.82, 2.24) is 4.90 Å². The van der Waals surface area contributed by atoms with E-state index in [0.717, 1.165) is 0 Å². The molecule has 0 radical (unpaired) electrons. The molecule has 1 unspecified atom stereocenters. The van der Waals surface area contributed by atoms with Crippen LogP contribution in [0.5, 0.6) is 0 Å². The molecular weight excluding hydrogens is 200 g/mol. The van der Waals surface area contributed by atoms with Crippen molar-refractivity contribution in [1.29, 1.82) is 0 Å². The summed E-state index contributed by atoms with van der Waals surface area (Å²) in [5.74, 6) is -0.220. The number of nitrogens with two attached hydrogens (primary N) is 1. The number of hydrogen-bond donors (Lipinski definition) is 1. The van der Waals surface area contributed by atoms with Crippen molar-refractivity contribution >= 4 is 28.9 Å². The average Bonchev–Trinajstić information content (AvgIpc) is 2.11. The maximum absolute atomic E-state index is 11.6. The monoisotopic (exact) mass is 212 g/mol. The minimum absolute atomic E-state index is 0.220. The van der Waals surface area contributed by atoms with Crippen molar-refractivity contribution in [2.45, 2.75) is 26.8 Å². The molecule has 1 rings (SSSR count). The van der Waals surface area contributed by atoms with Crippen LogP contribution in [0.2, 0.25) is 0 Å². The summed E-state index contributed by atoms with van der Waals surface area (Å²) in [6.45, 7) is 5.07. The van der Waals surface area contributed by atoms with Gasteiger partial charge >= 0.3 is 6.03 Å². The number of carbonyl (C=O) groups is 2. The minimum atomic E-state index is -0.620. The Bertz CT molecular complexity index is 360. The van der Waals surface area contributed by atoms with Gasteiger partial charge in [-0.05, 0) is 26.3 Å². The topological polar surface area (TPSA) is 63.4 Å². The lowest BCUT2D eigenvalue weighted by Gasteiger charge is -2.32. The Morgan fingerprint density at radius 2 is 2.00 bits per heavy atom. The summed E-state index contributed by atoms with van der Waals surface area (Å²) in [4.78, 5) is 24.2. The van der Waals surface area contributed by atoms with Crippen LogP contribution in [0.3, 0.4) is 0 Å². The fourth-order valence-electron chi connectivity index (χ4n) is 1.48. The number of amides is 2. The number of Topliss-reactive ketones (excluding diaryl/α,β-unsaturated/α-hetero) is 1. The number of ketones is 1. The second kappa shape index (κ2) is 3.49. The summed E-state index contributed by atoms with van der Waals surface area (Å²) < 4.78 is 0. The number of hydrogen-bond acceptors (Lipinski definition) is 3. The van der Waals surface area contributed by atoms with Crippen LogP contribution < -0.4 is 5.73 Å². The number of carbonyl (C=O) groups excluding carboxylic acids is 2. The molecule has 14 heavy (non-hydrogen) atoms. The molecule has 2 amide bonds. The van der Waals surface area contributed by atoms with E-state index in [1.807, 2.05) is 0 Å². The molecule has 1 atom stereocenters. The Kier molecular flexibility index (Phi) is 2.71. The van der Waals surface area contributed by atoms with Crippen LogP contribution >= 0.6 is 12.2 Å². The number of urea groups is 1. The molecule has 0 fully saturated rings. The Morgan fingerprint density at radius 3 is 2.43 bits per heavy atom. The zero-order valence-corrected chi connectivity index (χ0v) is 9.14. The van der Waals surface area contributed by atoms with Crippen LogP contribution in [0.25, 0.3) is 0 Å². The van der Waals surface area contributed by atoms with Crippen LogP contribution in [0, 0.1) is 0 Å². The van der Waals surface area contributed by atoms with Gasteiger partial charge in [-0.15, -0.1) is 0 Å². The van der Waals surface area contributed by atoms with Crippen molar-refractivity contribution in [2.75, 3.05) is 0 Å². The standard InChI is InChI=1S/C9H12N2O2S/c1-4-5(2)11(9(10)13)6(3)7(12)8(4)14/h6H,1-3H3,(H2,10,13). The summed E-state index contributed by atoms with van der Waals surface area (Å²) in [7, 11) is 0. The van der Waals surface area contributed by atoms with Gasteiger partial charge in [-0.2, -0.15) is 0 Å². The largest absolute Gasteiger partial charge is 0.351 e. The molecule has 76 valence electrons. The van der Waals surface area contributed by atoms with Crippen LogP contribution in [-0.4, -0.2) is 27.6 Å². The summed E-state index contributed by atoms with van der Waals surface area (Å²) in [5.41, 5.74) is 6.49. The van der Waals surface area contributed by atoms with E-state index in [0.29, 0.717) is 16.1 Å². The molecule has 0 aliphatic carbocycles. The Labute approximate surface area is 87.7 Å². The molecule has 4 nitrogen and oxygen atoms in total. The molecule has 0 spiro atoms. The molecular formula is C9H12N2O2S. The smallest absolute Gasteiger partial charge is 0.319 e. The van der Waals surface area contributed by atoms with Crippen LogP contribution in [0.1, 0.15) is 20.8 Å². The van der Waals surface area contributed by atoms with E-state index in [1.54, 1.807) is 20.8 Å². The summed E-state index contributed by atoms with van der Waals surface area (Å²) in [5, 5.41) is 0. The highest BCUT2D eigenvalue weighted by Crippen LogP contribution is 2.22. The molecule has 0 bridgehead atoms. The van der Waals surface area contributed by atoms with Gasteiger partial charge in [-0.25, -0.2) is 4.79 Å². The lowest BCUT2D eigenvalue weighted by molar-refractivity contribution is -0.116. The van der Waals surface area contributed by atoms with E-state index in [4.69, 9.17) is 18.0 Å². The maximum atomic E-state index is 11.6. The predicted molar refractivity (Wildman–Crippen MR) is 56.9 cm³/mol. The Morgan fingerprint density at radius 1 is 1.50 bits per heavy atom. The first kappa shape index (κ1) is 10.8. The third-order valence-electron chi connectivity index (χ3n) is 2.47. The van der Waals surface area contributed by atoms with Gasteiger partial charge in [0.2, 0.25) is 0 Å². The highest BCUT2D eigenvalue weighted by atomic mass is 32.1. The van der Waals surface area contributed by atoms with E-state index in [-0.39, 0.29) is 5.78 Å². The number of nitrogens with zero attached hydrogens (tertiary/aromatic N) is 1. The van der Waals surface area contributed by atoms with Crippen LogP contribution in [-0.2, 0) is 4.79 Å². The van der Waals surface area contributed by atoms with Crippen LogP contribution in [0.15, 0.2) is 11.3 Å². The van der Waals surface area contributed by atoms with Crippen molar-refractivity contribution in [3.05, 3.63) is 11.3 Å². The summed E-state index contributed by atoms with van der Waals surface area (Å²) >= 11 is 4.96. The predicted octanol–water partition coefficient (Wildman–Crippen LogP) is 1.00. The minimum Gasteiger partial charge on any atom is -0.351 e. The van der Waals surface area contributed by atoms with Crippen LogP contribution in [0.4, 0.5) is 4.79 Å². The number of primary amides is 1. The van der Waals surface area contributed by atoms with Crippen molar-refractivity contribution < 1.29 is 9.59 Å². The Hall–Kier alpha value is -1.23. The fourth-order valence-corrected chi connectivity index (χ4v) is 1.80. The van der Waals surface area contributed by atoms with Gasteiger partial charge in [-0.3, -0.25) is 9.69 Å². The lowest BCUT2D eigenvalue weighted by atomic mass is 9.97. The highest BCUT2D eigenvalue weighted by Gasteiger charge is 2.34. The second-order valence-electron chi connectivity index (χ2n) is 3.29.